The van der Waals surface area contributed by atoms with Crippen LogP contribution >= 0.6 is 0 Å². The fourth-order valence-corrected chi connectivity index (χ4v) is 2.95. The number of carbonyl (C=O) groups excluding carboxylic acids is 1. The molecule has 7 nitrogen and oxygen atoms in total. The summed E-state index contributed by atoms with van der Waals surface area (Å²) in [7, 11) is 0. The number of H-pyrrole nitrogens is 1. The van der Waals surface area contributed by atoms with E-state index in [2.05, 4.69) is 4.98 Å². The molecule has 2 unspecified atom stereocenters. The van der Waals surface area contributed by atoms with E-state index in [9.17, 15) is 19.1 Å². The summed E-state index contributed by atoms with van der Waals surface area (Å²) >= 11 is 0. The summed E-state index contributed by atoms with van der Waals surface area (Å²) < 4.78 is 14.9. The number of imidazole rings is 1. The highest BCUT2D eigenvalue weighted by Gasteiger charge is 2.31. The van der Waals surface area contributed by atoms with Gasteiger partial charge in [0.2, 0.25) is 5.88 Å². The van der Waals surface area contributed by atoms with Crippen molar-refractivity contribution in [2.24, 2.45) is 5.92 Å². The largest absolute Gasteiger partial charge is 0.493 e. The summed E-state index contributed by atoms with van der Waals surface area (Å²) in [6.07, 6.45) is 1.03. The molecular formula is C18H24FN3O4. The maximum atomic E-state index is 13.9. The van der Waals surface area contributed by atoms with E-state index in [1.807, 2.05) is 6.92 Å². The molecule has 4 N–H and O–H groups in total. The molecule has 1 heterocycles. The van der Waals surface area contributed by atoms with Crippen molar-refractivity contribution in [3.8, 4) is 5.88 Å². The summed E-state index contributed by atoms with van der Waals surface area (Å²) in [5.74, 6) is -1.81. The highest BCUT2D eigenvalue weighted by Crippen LogP contribution is 2.27. The molecule has 26 heavy (non-hydrogen) atoms. The number of carbonyl (C=O) groups is 1. The molecule has 0 radical (unpaired) electrons. The average Bonchev–Trinajstić information content (AvgIpc) is 2.88. The molecule has 0 saturated heterocycles. The summed E-state index contributed by atoms with van der Waals surface area (Å²) in [6, 6.07) is 3.82. The molecule has 0 aliphatic heterocycles. The van der Waals surface area contributed by atoms with Crippen molar-refractivity contribution in [3.63, 3.8) is 0 Å². The number of hydrogen-bond acceptors (Lipinski definition) is 4. The normalized spacial score (nSPS) is 13.4. The van der Waals surface area contributed by atoms with Crippen LogP contribution in [0, 0.1) is 18.7 Å². The van der Waals surface area contributed by atoms with Crippen molar-refractivity contribution < 1.29 is 19.5 Å². The third-order valence-corrected chi connectivity index (χ3v) is 4.67. The van der Waals surface area contributed by atoms with Crippen LogP contribution in [0.25, 0.3) is 0 Å². The van der Waals surface area contributed by atoms with Crippen molar-refractivity contribution in [1.29, 1.82) is 0 Å². The molecule has 8 heteroatoms. The quantitative estimate of drug-likeness (QED) is 0.446. The minimum Gasteiger partial charge on any atom is -0.493 e. The Kier molecular flexibility index (Phi) is 6.20. The van der Waals surface area contributed by atoms with E-state index < -0.39 is 17.6 Å². The van der Waals surface area contributed by atoms with Crippen molar-refractivity contribution in [2.75, 3.05) is 0 Å². The van der Waals surface area contributed by atoms with Gasteiger partial charge in [-0.2, -0.15) is 0 Å². The van der Waals surface area contributed by atoms with Crippen molar-refractivity contribution in [3.05, 3.63) is 51.3 Å². The first kappa shape index (κ1) is 19.7. The number of amides is 1. The van der Waals surface area contributed by atoms with E-state index in [1.54, 1.807) is 26.0 Å². The first-order chi connectivity index (χ1) is 12.3. The molecule has 0 spiro atoms. The number of benzene rings is 1. The number of rotatable bonds is 7. The zero-order chi connectivity index (χ0) is 19.4. The predicted octanol–water partition coefficient (Wildman–Crippen LogP) is 2.21. The van der Waals surface area contributed by atoms with Gasteiger partial charge in [0.1, 0.15) is 11.9 Å². The first-order valence-corrected chi connectivity index (χ1v) is 8.51. The van der Waals surface area contributed by atoms with Crippen LogP contribution in [0.1, 0.15) is 43.1 Å². The molecule has 142 valence electrons. The number of nitrogens with one attached hydrogen (secondary N) is 2. The SMILES string of the molecule is CCC(C)C(C(=O)NO)n1c(O)c(CCc2ccc(C)cc2F)[nH]c1=O. The molecule has 0 aliphatic rings. The van der Waals surface area contributed by atoms with Gasteiger partial charge in [-0.25, -0.2) is 14.7 Å². The second-order valence-corrected chi connectivity index (χ2v) is 6.50. The first-order valence-electron chi connectivity index (χ1n) is 8.51. The third kappa shape index (κ3) is 3.96. The van der Waals surface area contributed by atoms with Crippen LogP contribution in [-0.2, 0) is 17.6 Å². The Labute approximate surface area is 150 Å². The lowest BCUT2D eigenvalue weighted by Gasteiger charge is -2.22. The number of halogens is 1. The Bertz CT molecular complexity index is 843. The fraction of sp³-hybridized carbons (Fsp3) is 0.444. The van der Waals surface area contributed by atoms with Crippen LogP contribution in [0.15, 0.2) is 23.0 Å². The molecule has 2 rings (SSSR count). The highest BCUT2D eigenvalue weighted by molar-refractivity contribution is 5.79. The Morgan fingerprint density at radius 1 is 1.38 bits per heavy atom. The number of hydroxylamine groups is 1. The Morgan fingerprint density at radius 2 is 2.08 bits per heavy atom. The van der Waals surface area contributed by atoms with Gasteiger partial charge in [0.05, 0.1) is 5.69 Å². The third-order valence-electron chi connectivity index (χ3n) is 4.67. The van der Waals surface area contributed by atoms with Gasteiger partial charge in [0, 0.05) is 0 Å². The minimum absolute atomic E-state index is 0.196. The zero-order valence-corrected chi connectivity index (χ0v) is 15.0. The Balaban J connectivity index is 2.31. The smallest absolute Gasteiger partial charge is 0.329 e. The second-order valence-electron chi connectivity index (χ2n) is 6.50. The van der Waals surface area contributed by atoms with Crippen LogP contribution in [0.3, 0.4) is 0 Å². The molecule has 2 atom stereocenters. The topological polar surface area (TPSA) is 107 Å². The number of aryl methyl sites for hydroxylation is 3. The minimum atomic E-state index is -1.06. The number of nitrogens with zero attached hydrogens (tertiary/aromatic N) is 1. The number of aromatic amines is 1. The van der Waals surface area contributed by atoms with Crippen LogP contribution in [0.2, 0.25) is 0 Å². The Hall–Kier alpha value is -2.61. The van der Waals surface area contributed by atoms with Crippen LogP contribution in [-0.4, -0.2) is 25.8 Å². The molecular weight excluding hydrogens is 341 g/mol. The lowest BCUT2D eigenvalue weighted by atomic mass is 9.98. The number of aromatic hydroxyl groups is 1. The van der Waals surface area contributed by atoms with Gasteiger partial charge in [-0.3, -0.25) is 14.6 Å². The summed E-state index contributed by atoms with van der Waals surface area (Å²) in [6.45, 7) is 5.36. The van der Waals surface area contributed by atoms with Gasteiger partial charge < -0.3 is 10.1 Å². The van der Waals surface area contributed by atoms with Gasteiger partial charge >= 0.3 is 5.69 Å². The van der Waals surface area contributed by atoms with E-state index in [1.165, 1.54) is 11.5 Å². The fourth-order valence-electron chi connectivity index (χ4n) is 2.95. The zero-order valence-electron chi connectivity index (χ0n) is 15.0. The monoisotopic (exact) mass is 365 g/mol. The predicted molar refractivity (Wildman–Crippen MR) is 93.7 cm³/mol. The van der Waals surface area contributed by atoms with Crippen molar-refractivity contribution in [2.45, 2.75) is 46.1 Å². The second kappa shape index (κ2) is 8.18. The molecule has 0 fully saturated rings. The summed E-state index contributed by atoms with van der Waals surface area (Å²) in [4.78, 5) is 26.8. The van der Waals surface area contributed by atoms with Crippen molar-refractivity contribution >= 4 is 5.91 Å². The Morgan fingerprint density at radius 3 is 2.65 bits per heavy atom. The number of hydrogen-bond donors (Lipinski definition) is 4. The molecule has 0 bridgehead atoms. The summed E-state index contributed by atoms with van der Waals surface area (Å²) in [5.41, 5.74) is 2.37. The maximum Gasteiger partial charge on any atom is 0.329 e. The van der Waals surface area contributed by atoms with Crippen LogP contribution in [0.4, 0.5) is 4.39 Å². The molecule has 1 aromatic heterocycles. The van der Waals surface area contributed by atoms with Gasteiger partial charge in [-0.05, 0) is 42.9 Å². The summed E-state index contributed by atoms with van der Waals surface area (Å²) in [5, 5.41) is 19.4. The molecule has 1 aromatic carbocycles. The maximum absolute atomic E-state index is 13.9. The van der Waals surface area contributed by atoms with E-state index in [0.29, 0.717) is 12.0 Å². The van der Waals surface area contributed by atoms with E-state index in [0.717, 1.165) is 10.1 Å². The van der Waals surface area contributed by atoms with E-state index in [4.69, 9.17) is 5.21 Å². The lowest BCUT2D eigenvalue weighted by Crippen LogP contribution is -2.38. The van der Waals surface area contributed by atoms with Gasteiger partial charge in [-0.1, -0.05) is 32.4 Å². The molecule has 0 aliphatic carbocycles. The van der Waals surface area contributed by atoms with Crippen LogP contribution in [0.5, 0.6) is 5.88 Å². The van der Waals surface area contributed by atoms with Gasteiger partial charge in [-0.15, -0.1) is 0 Å². The van der Waals surface area contributed by atoms with Gasteiger partial charge in [0.25, 0.3) is 5.91 Å². The molecule has 2 aromatic rings. The molecule has 1 amide bonds. The van der Waals surface area contributed by atoms with E-state index in [-0.39, 0.29) is 36.2 Å². The van der Waals surface area contributed by atoms with Crippen LogP contribution < -0.4 is 11.2 Å². The van der Waals surface area contributed by atoms with Gasteiger partial charge in [0.15, 0.2) is 0 Å². The van der Waals surface area contributed by atoms with Crippen molar-refractivity contribution in [1.82, 2.24) is 15.0 Å². The van der Waals surface area contributed by atoms with E-state index >= 15 is 0 Å². The lowest BCUT2D eigenvalue weighted by molar-refractivity contribution is -0.134. The number of aromatic nitrogens is 2. The highest BCUT2D eigenvalue weighted by atomic mass is 19.1. The molecule has 0 saturated carbocycles. The standard InChI is InChI=1S/C18H24FN3O4/c1-4-11(3)15(16(23)21-26)22-17(24)14(20-18(22)25)8-7-12-6-5-10(2)9-13(12)19/h5-6,9,11,15,24,26H,4,7-8H2,1-3H3,(H,20,25)(H,21,23). The average molecular weight is 365 g/mol.